The van der Waals surface area contributed by atoms with Gasteiger partial charge in [0, 0.05) is 12.0 Å². The van der Waals surface area contributed by atoms with Crippen LogP contribution in [0.5, 0.6) is 11.5 Å². The number of carbonyl (C=O) groups excluding carboxylic acids is 1. The smallest absolute Gasteiger partial charge is 0.263 e. The molecule has 0 spiro atoms. The molecule has 1 unspecified atom stereocenters. The molecule has 9 heteroatoms. The summed E-state index contributed by atoms with van der Waals surface area (Å²) in [6.45, 7) is 3.09. The molecule has 8 nitrogen and oxygen atoms in total. The normalized spacial score (nSPS) is 18.6. The van der Waals surface area contributed by atoms with E-state index in [0.717, 1.165) is 5.56 Å². The van der Waals surface area contributed by atoms with Gasteiger partial charge >= 0.3 is 0 Å². The second kappa shape index (κ2) is 7.75. The lowest BCUT2D eigenvalue weighted by atomic mass is 10.1. The summed E-state index contributed by atoms with van der Waals surface area (Å²) in [5, 5.41) is 2.92. The van der Waals surface area contributed by atoms with Crippen molar-refractivity contribution in [3.8, 4) is 11.5 Å². The number of aliphatic imine (C=N–C) groups is 1. The Morgan fingerprint density at radius 1 is 1.17 bits per heavy atom. The number of amides is 1. The predicted molar refractivity (Wildman–Crippen MR) is 107 cm³/mol. The Morgan fingerprint density at radius 3 is 2.76 bits per heavy atom. The van der Waals surface area contributed by atoms with Crippen LogP contribution < -0.4 is 19.5 Å². The largest absolute Gasteiger partial charge is 0.486 e. The third-order valence-electron chi connectivity index (χ3n) is 4.72. The summed E-state index contributed by atoms with van der Waals surface area (Å²) < 4.78 is 37.7. The molecule has 0 aromatic heterocycles. The Labute approximate surface area is 169 Å². The molecule has 2 aromatic carbocycles. The molecule has 0 fully saturated rings. The van der Waals surface area contributed by atoms with Gasteiger partial charge in [0.15, 0.2) is 11.5 Å². The third kappa shape index (κ3) is 4.04. The van der Waals surface area contributed by atoms with Crippen LogP contribution in [-0.4, -0.2) is 39.9 Å². The van der Waals surface area contributed by atoms with E-state index in [0.29, 0.717) is 30.3 Å². The SMILES string of the molecule is CC(NC(=O)CCN=C1NS(=O)(=O)c2ccccc21)c1ccc2c(c1)OCCO2. The molecule has 0 saturated heterocycles. The number of benzene rings is 2. The van der Waals surface area contributed by atoms with E-state index in [1.54, 1.807) is 18.2 Å². The van der Waals surface area contributed by atoms with Crippen molar-refractivity contribution < 1.29 is 22.7 Å². The zero-order chi connectivity index (χ0) is 20.4. The first-order valence-electron chi connectivity index (χ1n) is 9.29. The first-order valence-corrected chi connectivity index (χ1v) is 10.8. The molecule has 1 atom stereocenters. The quantitative estimate of drug-likeness (QED) is 0.774. The molecule has 29 heavy (non-hydrogen) atoms. The first kappa shape index (κ1) is 19.3. The minimum Gasteiger partial charge on any atom is -0.486 e. The highest BCUT2D eigenvalue weighted by molar-refractivity contribution is 7.90. The fourth-order valence-electron chi connectivity index (χ4n) is 3.25. The van der Waals surface area contributed by atoms with Crippen molar-refractivity contribution in [3.63, 3.8) is 0 Å². The Kier molecular flexibility index (Phi) is 5.14. The van der Waals surface area contributed by atoms with Gasteiger partial charge in [-0.2, -0.15) is 0 Å². The van der Waals surface area contributed by atoms with E-state index in [1.165, 1.54) is 6.07 Å². The van der Waals surface area contributed by atoms with Crippen molar-refractivity contribution in [2.45, 2.75) is 24.3 Å². The van der Waals surface area contributed by atoms with Crippen molar-refractivity contribution in [1.29, 1.82) is 0 Å². The van der Waals surface area contributed by atoms with E-state index in [2.05, 4.69) is 15.0 Å². The van der Waals surface area contributed by atoms with Gasteiger partial charge in [-0.1, -0.05) is 18.2 Å². The number of hydrogen-bond donors (Lipinski definition) is 2. The highest BCUT2D eigenvalue weighted by Crippen LogP contribution is 2.32. The maximum atomic E-state index is 12.3. The molecule has 2 N–H and O–H groups in total. The first-order chi connectivity index (χ1) is 13.9. The number of rotatable bonds is 5. The maximum Gasteiger partial charge on any atom is 0.263 e. The molecule has 0 saturated carbocycles. The van der Waals surface area contributed by atoms with E-state index in [1.807, 2.05) is 25.1 Å². The number of ether oxygens (including phenoxy) is 2. The summed E-state index contributed by atoms with van der Waals surface area (Å²) in [4.78, 5) is 16.8. The lowest BCUT2D eigenvalue weighted by molar-refractivity contribution is -0.121. The molecule has 2 aliphatic rings. The van der Waals surface area contributed by atoms with Crippen LogP contribution >= 0.6 is 0 Å². The number of sulfonamides is 1. The summed E-state index contributed by atoms with van der Waals surface area (Å²) >= 11 is 0. The number of nitrogens with one attached hydrogen (secondary N) is 2. The highest BCUT2D eigenvalue weighted by Gasteiger charge is 2.30. The van der Waals surface area contributed by atoms with E-state index >= 15 is 0 Å². The van der Waals surface area contributed by atoms with Gasteiger partial charge in [0.05, 0.1) is 17.5 Å². The number of hydrogen-bond acceptors (Lipinski definition) is 6. The summed E-state index contributed by atoms with van der Waals surface area (Å²) in [7, 11) is -3.57. The van der Waals surface area contributed by atoms with Gasteiger partial charge in [-0.3, -0.25) is 14.5 Å². The van der Waals surface area contributed by atoms with E-state index in [-0.39, 0.29) is 35.6 Å². The molecule has 2 heterocycles. The van der Waals surface area contributed by atoms with E-state index in [9.17, 15) is 13.2 Å². The second-order valence-electron chi connectivity index (χ2n) is 6.77. The number of fused-ring (bicyclic) bond motifs is 2. The van der Waals surface area contributed by atoms with Crippen LogP contribution in [0.15, 0.2) is 52.4 Å². The molecule has 0 aliphatic carbocycles. The standard InChI is InChI=1S/C20H21N3O5S/c1-13(14-6-7-16-17(12-14)28-11-10-27-16)22-19(24)8-9-21-20-15-4-2-3-5-18(15)29(25,26)23-20/h2-7,12-13H,8-11H2,1H3,(H,21,23)(H,22,24). The summed E-state index contributed by atoms with van der Waals surface area (Å²) in [6.07, 6.45) is 0.141. The van der Waals surface area contributed by atoms with Gasteiger partial charge in [-0.25, -0.2) is 8.42 Å². The average molecular weight is 415 g/mol. The van der Waals surface area contributed by atoms with Crippen LogP contribution in [0.2, 0.25) is 0 Å². The Balaban J connectivity index is 1.36. The highest BCUT2D eigenvalue weighted by atomic mass is 32.2. The zero-order valence-corrected chi connectivity index (χ0v) is 16.7. The molecule has 4 rings (SSSR count). The minimum atomic E-state index is -3.57. The van der Waals surface area contributed by atoms with Gasteiger partial charge in [0.25, 0.3) is 10.0 Å². The molecule has 152 valence electrons. The summed E-state index contributed by atoms with van der Waals surface area (Å²) in [5.74, 6) is 1.47. The van der Waals surface area contributed by atoms with Crippen LogP contribution in [0, 0.1) is 0 Å². The molecule has 0 bridgehead atoms. The molecule has 2 aliphatic heterocycles. The molecule has 1 amide bonds. The second-order valence-corrected chi connectivity index (χ2v) is 8.43. The molecule has 2 aromatic rings. The number of nitrogens with zero attached hydrogens (tertiary/aromatic N) is 1. The van der Waals surface area contributed by atoms with Crippen molar-refractivity contribution in [2.75, 3.05) is 19.8 Å². The average Bonchev–Trinajstić information content (AvgIpc) is 2.98. The Hall–Kier alpha value is -3.07. The molecule has 0 radical (unpaired) electrons. The molecular weight excluding hydrogens is 394 g/mol. The van der Waals surface area contributed by atoms with Crippen molar-refractivity contribution >= 4 is 21.8 Å². The fourth-order valence-corrected chi connectivity index (χ4v) is 4.50. The van der Waals surface area contributed by atoms with E-state index < -0.39 is 10.0 Å². The van der Waals surface area contributed by atoms with Gasteiger partial charge in [-0.05, 0) is 36.8 Å². The lowest BCUT2D eigenvalue weighted by Crippen LogP contribution is -2.28. The number of carbonyl (C=O) groups is 1. The van der Waals surface area contributed by atoms with Gasteiger partial charge < -0.3 is 14.8 Å². The van der Waals surface area contributed by atoms with Crippen LogP contribution in [-0.2, 0) is 14.8 Å². The Morgan fingerprint density at radius 2 is 1.93 bits per heavy atom. The fraction of sp³-hybridized carbons (Fsp3) is 0.300. The van der Waals surface area contributed by atoms with Crippen molar-refractivity contribution in [2.24, 2.45) is 4.99 Å². The van der Waals surface area contributed by atoms with Gasteiger partial charge in [-0.15, -0.1) is 0 Å². The van der Waals surface area contributed by atoms with E-state index in [4.69, 9.17) is 9.47 Å². The monoisotopic (exact) mass is 415 g/mol. The maximum absolute atomic E-state index is 12.3. The zero-order valence-electron chi connectivity index (χ0n) is 15.8. The van der Waals surface area contributed by atoms with Crippen molar-refractivity contribution in [3.05, 3.63) is 53.6 Å². The van der Waals surface area contributed by atoms with Crippen LogP contribution in [0.4, 0.5) is 0 Å². The summed E-state index contributed by atoms with van der Waals surface area (Å²) in [5.41, 5.74) is 1.43. The minimum absolute atomic E-state index is 0.141. The van der Waals surface area contributed by atoms with Crippen LogP contribution in [0.1, 0.15) is 30.5 Å². The van der Waals surface area contributed by atoms with Gasteiger partial charge in [0.2, 0.25) is 5.91 Å². The lowest BCUT2D eigenvalue weighted by Gasteiger charge is -2.21. The van der Waals surface area contributed by atoms with Crippen LogP contribution in [0.25, 0.3) is 0 Å². The Bertz CT molecular complexity index is 1080. The molecular formula is C20H21N3O5S. The third-order valence-corrected chi connectivity index (χ3v) is 6.11. The predicted octanol–water partition coefficient (Wildman–Crippen LogP) is 1.76. The van der Waals surface area contributed by atoms with Gasteiger partial charge in [0.1, 0.15) is 19.0 Å². The summed E-state index contributed by atoms with van der Waals surface area (Å²) in [6, 6.07) is 12.0. The topological polar surface area (TPSA) is 106 Å². The van der Waals surface area contributed by atoms with Crippen LogP contribution in [0.3, 0.4) is 0 Å². The number of amidine groups is 1. The van der Waals surface area contributed by atoms with Crippen molar-refractivity contribution in [1.82, 2.24) is 10.0 Å².